The number of hydrogen-bond acceptors (Lipinski definition) is 3. The highest BCUT2D eigenvalue weighted by molar-refractivity contribution is 5.94. The van der Waals surface area contributed by atoms with Crippen LogP contribution in [0.1, 0.15) is 6.92 Å². The summed E-state index contributed by atoms with van der Waals surface area (Å²) in [5.74, 6) is 0.154. The van der Waals surface area contributed by atoms with E-state index in [2.05, 4.69) is 10.6 Å². The molecule has 0 spiro atoms. The first-order valence-electron chi connectivity index (χ1n) is 4.80. The van der Waals surface area contributed by atoms with Gasteiger partial charge in [0.1, 0.15) is 5.75 Å². The number of anilines is 1. The van der Waals surface area contributed by atoms with Gasteiger partial charge >= 0.3 is 0 Å². The molecule has 2 N–H and O–H groups in total. The van der Waals surface area contributed by atoms with Gasteiger partial charge in [0.2, 0.25) is 11.8 Å². The van der Waals surface area contributed by atoms with E-state index in [1.165, 1.54) is 6.92 Å². The van der Waals surface area contributed by atoms with Crippen molar-refractivity contribution in [2.75, 3.05) is 19.0 Å². The number of carbonyl (C=O) groups excluding carboxylic acids is 2. The molecule has 0 atom stereocenters. The van der Waals surface area contributed by atoms with Crippen molar-refractivity contribution >= 4 is 17.5 Å². The summed E-state index contributed by atoms with van der Waals surface area (Å²) in [6.45, 7) is 1.32. The number of nitrogens with one attached hydrogen (secondary N) is 2. The maximum Gasteiger partial charge on any atom is 0.243 e. The Morgan fingerprint density at radius 3 is 2.75 bits per heavy atom. The molecule has 0 aliphatic carbocycles. The maximum atomic E-state index is 11.3. The molecule has 0 radical (unpaired) electrons. The van der Waals surface area contributed by atoms with Crippen LogP contribution in [0.5, 0.6) is 5.75 Å². The van der Waals surface area contributed by atoms with E-state index in [0.29, 0.717) is 11.4 Å². The summed E-state index contributed by atoms with van der Waals surface area (Å²) >= 11 is 0. The minimum atomic E-state index is -0.275. The lowest BCUT2D eigenvalue weighted by atomic mass is 10.3. The average molecular weight is 222 g/mol. The Morgan fingerprint density at radius 1 is 1.38 bits per heavy atom. The van der Waals surface area contributed by atoms with E-state index in [4.69, 9.17) is 4.74 Å². The van der Waals surface area contributed by atoms with E-state index < -0.39 is 0 Å². The zero-order valence-corrected chi connectivity index (χ0v) is 9.24. The smallest absolute Gasteiger partial charge is 0.243 e. The van der Waals surface area contributed by atoms with Gasteiger partial charge in [0.05, 0.1) is 13.7 Å². The lowest BCUT2D eigenvalue weighted by Gasteiger charge is -2.07. The highest BCUT2D eigenvalue weighted by Crippen LogP contribution is 2.16. The molecule has 0 aliphatic rings. The fraction of sp³-hybridized carbons (Fsp3) is 0.273. The van der Waals surface area contributed by atoms with Crippen molar-refractivity contribution in [1.82, 2.24) is 5.32 Å². The van der Waals surface area contributed by atoms with Gasteiger partial charge in [-0.3, -0.25) is 9.59 Å². The van der Waals surface area contributed by atoms with Crippen molar-refractivity contribution in [2.24, 2.45) is 0 Å². The molecule has 1 rings (SSSR count). The number of hydrogen-bond donors (Lipinski definition) is 2. The zero-order valence-electron chi connectivity index (χ0n) is 9.24. The number of carbonyl (C=O) groups is 2. The molecule has 16 heavy (non-hydrogen) atoms. The van der Waals surface area contributed by atoms with E-state index in [9.17, 15) is 9.59 Å². The van der Waals surface area contributed by atoms with E-state index >= 15 is 0 Å². The fourth-order valence-corrected chi connectivity index (χ4v) is 1.11. The first-order chi connectivity index (χ1) is 7.61. The monoisotopic (exact) mass is 222 g/mol. The van der Waals surface area contributed by atoms with Crippen LogP contribution in [0.15, 0.2) is 24.3 Å². The summed E-state index contributed by atoms with van der Waals surface area (Å²) in [5, 5.41) is 5.05. The third-order valence-corrected chi connectivity index (χ3v) is 1.85. The molecule has 5 nitrogen and oxygen atoms in total. The quantitative estimate of drug-likeness (QED) is 0.790. The third kappa shape index (κ3) is 4.00. The third-order valence-electron chi connectivity index (χ3n) is 1.85. The minimum Gasteiger partial charge on any atom is -0.497 e. The van der Waals surface area contributed by atoms with Crippen LogP contribution in [-0.2, 0) is 9.59 Å². The molecule has 5 heteroatoms. The minimum absolute atomic E-state index is 0.0352. The molecule has 0 heterocycles. The molecule has 0 saturated heterocycles. The van der Waals surface area contributed by atoms with Crippen LogP contribution in [0.4, 0.5) is 5.69 Å². The molecule has 0 fully saturated rings. The molecule has 86 valence electrons. The van der Waals surface area contributed by atoms with Gasteiger partial charge < -0.3 is 15.4 Å². The van der Waals surface area contributed by atoms with Crippen LogP contribution < -0.4 is 15.4 Å². The van der Waals surface area contributed by atoms with Crippen LogP contribution in [0.2, 0.25) is 0 Å². The number of ether oxygens (including phenoxy) is 1. The fourth-order valence-electron chi connectivity index (χ4n) is 1.11. The number of methoxy groups -OCH3 is 1. The molecule has 1 aromatic carbocycles. The molecule has 0 aromatic heterocycles. The van der Waals surface area contributed by atoms with Gasteiger partial charge in [-0.25, -0.2) is 0 Å². The number of benzene rings is 1. The van der Waals surface area contributed by atoms with Crippen molar-refractivity contribution in [1.29, 1.82) is 0 Å². The summed E-state index contributed by atoms with van der Waals surface area (Å²) in [7, 11) is 1.55. The van der Waals surface area contributed by atoms with Crippen molar-refractivity contribution < 1.29 is 14.3 Å². The normalized spacial score (nSPS) is 9.38. The topological polar surface area (TPSA) is 67.4 Å². The van der Waals surface area contributed by atoms with E-state index in [1.807, 2.05) is 0 Å². The molecule has 0 aliphatic heterocycles. The summed E-state index contributed by atoms with van der Waals surface area (Å²) < 4.78 is 5.01. The first kappa shape index (κ1) is 12.0. The maximum absolute atomic E-state index is 11.3. The van der Waals surface area contributed by atoms with Crippen molar-refractivity contribution in [3.63, 3.8) is 0 Å². The van der Waals surface area contributed by atoms with Crippen molar-refractivity contribution in [3.05, 3.63) is 24.3 Å². The predicted octanol–water partition coefficient (Wildman–Crippen LogP) is 0.770. The van der Waals surface area contributed by atoms with E-state index in [0.717, 1.165) is 0 Å². The Labute approximate surface area is 93.8 Å². The van der Waals surface area contributed by atoms with Crippen LogP contribution in [-0.4, -0.2) is 25.5 Å². The Morgan fingerprint density at radius 2 is 2.12 bits per heavy atom. The number of amides is 2. The molecule has 0 unspecified atom stereocenters. The van der Waals surface area contributed by atoms with Gasteiger partial charge in [-0.15, -0.1) is 0 Å². The first-order valence-corrected chi connectivity index (χ1v) is 4.80. The zero-order chi connectivity index (χ0) is 12.0. The molecule has 1 aromatic rings. The largest absolute Gasteiger partial charge is 0.497 e. The van der Waals surface area contributed by atoms with Crippen LogP contribution in [0.3, 0.4) is 0 Å². The summed E-state index contributed by atoms with van der Waals surface area (Å²) in [4.78, 5) is 21.9. The Balaban J connectivity index is 2.52. The van der Waals surface area contributed by atoms with Gasteiger partial charge in [0, 0.05) is 18.7 Å². The van der Waals surface area contributed by atoms with Gasteiger partial charge in [0.25, 0.3) is 0 Å². The van der Waals surface area contributed by atoms with Gasteiger partial charge in [0.15, 0.2) is 0 Å². The molecule has 2 amide bonds. The highest BCUT2D eigenvalue weighted by atomic mass is 16.5. The van der Waals surface area contributed by atoms with Gasteiger partial charge in [-0.05, 0) is 12.1 Å². The lowest BCUT2D eigenvalue weighted by Crippen LogP contribution is -2.31. The Bertz CT molecular complexity index is 391. The highest BCUT2D eigenvalue weighted by Gasteiger charge is 2.03. The summed E-state index contributed by atoms with van der Waals surface area (Å²) in [6, 6.07) is 7.00. The van der Waals surface area contributed by atoms with Crippen molar-refractivity contribution in [3.8, 4) is 5.75 Å². The summed E-state index contributed by atoms with van der Waals surface area (Å²) in [5.41, 5.74) is 0.634. The van der Waals surface area contributed by atoms with Crippen molar-refractivity contribution in [2.45, 2.75) is 6.92 Å². The van der Waals surface area contributed by atoms with Gasteiger partial charge in [-0.1, -0.05) is 6.07 Å². The number of rotatable bonds is 4. The van der Waals surface area contributed by atoms with Gasteiger partial charge in [-0.2, -0.15) is 0 Å². The Hall–Kier alpha value is -2.04. The van der Waals surface area contributed by atoms with Crippen LogP contribution in [0, 0.1) is 0 Å². The molecular formula is C11H14N2O3. The van der Waals surface area contributed by atoms with E-state index in [-0.39, 0.29) is 18.4 Å². The van der Waals surface area contributed by atoms with Crippen LogP contribution in [0.25, 0.3) is 0 Å². The predicted molar refractivity (Wildman–Crippen MR) is 60.3 cm³/mol. The van der Waals surface area contributed by atoms with Crippen LogP contribution >= 0.6 is 0 Å². The second kappa shape index (κ2) is 5.75. The second-order valence-electron chi connectivity index (χ2n) is 3.19. The second-order valence-corrected chi connectivity index (χ2v) is 3.19. The molecular weight excluding hydrogens is 208 g/mol. The SMILES string of the molecule is COc1cccc(NC(=O)CNC(C)=O)c1. The molecule has 0 saturated carbocycles. The Kier molecular flexibility index (Phi) is 4.32. The lowest BCUT2D eigenvalue weighted by molar-refractivity contribution is -0.122. The summed E-state index contributed by atoms with van der Waals surface area (Å²) in [6.07, 6.45) is 0. The average Bonchev–Trinajstić information content (AvgIpc) is 2.26. The van der Waals surface area contributed by atoms with E-state index in [1.54, 1.807) is 31.4 Å². The standard InChI is InChI=1S/C11H14N2O3/c1-8(14)12-7-11(15)13-9-4-3-5-10(6-9)16-2/h3-6H,7H2,1-2H3,(H,12,14)(H,13,15). The molecule has 0 bridgehead atoms.